The summed E-state index contributed by atoms with van der Waals surface area (Å²) in [5.41, 5.74) is 1.81. The summed E-state index contributed by atoms with van der Waals surface area (Å²) >= 11 is 0. The summed E-state index contributed by atoms with van der Waals surface area (Å²) in [6.45, 7) is 6.48. The summed E-state index contributed by atoms with van der Waals surface area (Å²) in [4.78, 5) is 8.57. The molecule has 0 saturated carbocycles. The molecule has 0 radical (unpaired) electrons. The van der Waals surface area contributed by atoms with Crippen LogP contribution in [0.5, 0.6) is 5.75 Å². The van der Waals surface area contributed by atoms with E-state index < -0.39 is 8.32 Å². The molecule has 1 aromatic heterocycles. The topological polar surface area (TPSA) is 39.4 Å². The van der Waals surface area contributed by atoms with Gasteiger partial charge in [0.05, 0.1) is 24.4 Å². The van der Waals surface area contributed by atoms with E-state index in [1.54, 1.807) is 18.7 Å². The van der Waals surface area contributed by atoms with Gasteiger partial charge in [0.15, 0.2) is 0 Å². The van der Waals surface area contributed by atoms with Crippen LogP contribution in [-0.2, 0) is 7.05 Å². The van der Waals surface area contributed by atoms with E-state index in [1.165, 1.54) is 0 Å². The molecule has 0 amide bonds. The average molecular weight is 273 g/mol. The smallest absolute Gasteiger partial charge is 0.242 e. The fourth-order valence-corrected chi connectivity index (χ4v) is 2.44. The predicted molar refractivity (Wildman–Crippen MR) is 80.9 cm³/mol. The SMILES string of the molecule is Cn1cncc1C=Nc1ccccc1O[Si](C)(C)C. The zero-order valence-corrected chi connectivity index (χ0v) is 12.8. The van der Waals surface area contributed by atoms with E-state index >= 15 is 0 Å². The fourth-order valence-electron chi connectivity index (χ4n) is 1.61. The van der Waals surface area contributed by atoms with Crippen LogP contribution in [0.3, 0.4) is 0 Å². The van der Waals surface area contributed by atoms with Crippen molar-refractivity contribution in [2.45, 2.75) is 19.6 Å². The van der Waals surface area contributed by atoms with Crippen molar-refractivity contribution in [3.05, 3.63) is 42.5 Å². The highest BCUT2D eigenvalue weighted by Gasteiger charge is 2.17. The van der Waals surface area contributed by atoms with Gasteiger partial charge in [0.2, 0.25) is 8.32 Å². The average Bonchev–Trinajstić information content (AvgIpc) is 2.72. The van der Waals surface area contributed by atoms with Crippen LogP contribution < -0.4 is 4.43 Å². The second-order valence-corrected chi connectivity index (χ2v) is 9.80. The van der Waals surface area contributed by atoms with Crippen LogP contribution in [0.15, 0.2) is 41.8 Å². The molecule has 1 heterocycles. The third-order valence-electron chi connectivity index (χ3n) is 2.47. The van der Waals surface area contributed by atoms with Gasteiger partial charge < -0.3 is 8.99 Å². The van der Waals surface area contributed by atoms with Crippen molar-refractivity contribution in [2.75, 3.05) is 0 Å². The van der Waals surface area contributed by atoms with Crippen LogP contribution in [0.1, 0.15) is 5.69 Å². The maximum absolute atomic E-state index is 6.04. The summed E-state index contributed by atoms with van der Waals surface area (Å²) in [5.74, 6) is 0.847. The van der Waals surface area contributed by atoms with E-state index in [0.29, 0.717) is 0 Å². The molecule has 19 heavy (non-hydrogen) atoms. The highest BCUT2D eigenvalue weighted by atomic mass is 28.4. The molecular weight excluding hydrogens is 254 g/mol. The van der Waals surface area contributed by atoms with Crippen molar-refractivity contribution in [2.24, 2.45) is 12.0 Å². The van der Waals surface area contributed by atoms with Crippen LogP contribution >= 0.6 is 0 Å². The minimum absolute atomic E-state index is 0.847. The first kappa shape index (κ1) is 13.5. The fraction of sp³-hybridized carbons (Fsp3) is 0.286. The van der Waals surface area contributed by atoms with Crippen molar-refractivity contribution >= 4 is 20.2 Å². The summed E-state index contributed by atoms with van der Waals surface area (Å²) in [5, 5.41) is 0. The lowest BCUT2D eigenvalue weighted by Crippen LogP contribution is -2.29. The van der Waals surface area contributed by atoms with Gasteiger partial charge in [0.1, 0.15) is 11.4 Å². The lowest BCUT2D eigenvalue weighted by molar-refractivity contribution is 0.559. The van der Waals surface area contributed by atoms with Gasteiger partial charge in [-0.25, -0.2) is 4.98 Å². The van der Waals surface area contributed by atoms with Gasteiger partial charge in [-0.2, -0.15) is 0 Å². The number of aliphatic imine (C=N–C) groups is 1. The van der Waals surface area contributed by atoms with Gasteiger partial charge >= 0.3 is 0 Å². The molecule has 0 aliphatic carbocycles. The van der Waals surface area contributed by atoms with E-state index in [2.05, 4.69) is 29.6 Å². The molecule has 0 saturated heterocycles. The second kappa shape index (κ2) is 5.40. The normalized spacial score (nSPS) is 12.0. The standard InChI is InChI=1S/C14H19N3OSi/c1-17-11-15-9-12(17)10-16-13-7-5-6-8-14(13)18-19(2,3)4/h5-11H,1-4H3. The first-order chi connectivity index (χ1) is 8.96. The number of aryl methyl sites for hydroxylation is 1. The molecule has 0 N–H and O–H groups in total. The van der Waals surface area contributed by atoms with Gasteiger partial charge in [-0.15, -0.1) is 0 Å². The lowest BCUT2D eigenvalue weighted by Gasteiger charge is -2.20. The van der Waals surface area contributed by atoms with Crippen LogP contribution in [0.4, 0.5) is 5.69 Å². The molecule has 0 aliphatic heterocycles. The molecule has 4 nitrogen and oxygen atoms in total. The number of imidazole rings is 1. The maximum Gasteiger partial charge on any atom is 0.242 e. The summed E-state index contributed by atoms with van der Waals surface area (Å²) < 4.78 is 7.96. The highest BCUT2D eigenvalue weighted by Crippen LogP contribution is 2.29. The third kappa shape index (κ3) is 3.79. The van der Waals surface area contributed by atoms with Gasteiger partial charge in [-0.05, 0) is 31.8 Å². The molecule has 0 atom stereocenters. The van der Waals surface area contributed by atoms with Crippen molar-refractivity contribution in [3.63, 3.8) is 0 Å². The van der Waals surface area contributed by atoms with E-state index in [0.717, 1.165) is 17.1 Å². The molecule has 2 aromatic rings. The van der Waals surface area contributed by atoms with Crippen molar-refractivity contribution in [1.82, 2.24) is 9.55 Å². The molecule has 0 spiro atoms. The van der Waals surface area contributed by atoms with Crippen molar-refractivity contribution in [3.8, 4) is 5.75 Å². The van der Waals surface area contributed by atoms with Gasteiger partial charge in [-0.3, -0.25) is 4.99 Å². The number of para-hydroxylation sites is 2. The van der Waals surface area contributed by atoms with Crippen LogP contribution in [0.25, 0.3) is 0 Å². The van der Waals surface area contributed by atoms with Crippen molar-refractivity contribution < 1.29 is 4.43 Å². The van der Waals surface area contributed by atoms with E-state index in [1.807, 2.05) is 35.9 Å². The van der Waals surface area contributed by atoms with E-state index in [4.69, 9.17) is 4.43 Å². The molecular formula is C14H19N3OSi. The number of rotatable bonds is 4. The maximum atomic E-state index is 6.04. The lowest BCUT2D eigenvalue weighted by atomic mass is 10.3. The third-order valence-corrected chi connectivity index (χ3v) is 3.30. The predicted octanol–water partition coefficient (Wildman–Crippen LogP) is 3.38. The minimum Gasteiger partial charge on any atom is -0.543 e. The molecule has 0 bridgehead atoms. The Hall–Kier alpha value is -1.88. The number of benzene rings is 1. The Morgan fingerprint density at radius 1 is 1.26 bits per heavy atom. The molecule has 2 rings (SSSR count). The molecule has 100 valence electrons. The molecule has 0 unspecified atom stereocenters. The zero-order chi connectivity index (χ0) is 13.9. The summed E-state index contributed by atoms with van der Waals surface area (Å²) in [6, 6.07) is 7.86. The van der Waals surface area contributed by atoms with Crippen LogP contribution in [0.2, 0.25) is 19.6 Å². The van der Waals surface area contributed by atoms with Crippen molar-refractivity contribution in [1.29, 1.82) is 0 Å². The molecule has 1 aromatic carbocycles. The zero-order valence-electron chi connectivity index (χ0n) is 11.8. The number of nitrogens with zero attached hydrogens (tertiary/aromatic N) is 3. The van der Waals surface area contributed by atoms with E-state index in [-0.39, 0.29) is 0 Å². The largest absolute Gasteiger partial charge is 0.543 e. The van der Waals surface area contributed by atoms with Gasteiger partial charge in [0.25, 0.3) is 0 Å². The molecule has 0 fully saturated rings. The Kier molecular flexibility index (Phi) is 3.85. The number of aromatic nitrogens is 2. The Labute approximate surface area is 114 Å². The quantitative estimate of drug-likeness (QED) is 0.633. The summed E-state index contributed by atoms with van der Waals surface area (Å²) in [7, 11) is 0.316. The molecule has 0 aliphatic rings. The minimum atomic E-state index is -1.63. The Morgan fingerprint density at radius 2 is 2.00 bits per heavy atom. The van der Waals surface area contributed by atoms with Gasteiger partial charge in [-0.1, -0.05) is 12.1 Å². The highest BCUT2D eigenvalue weighted by molar-refractivity contribution is 6.70. The number of hydrogen-bond acceptors (Lipinski definition) is 3. The van der Waals surface area contributed by atoms with Gasteiger partial charge in [0, 0.05) is 7.05 Å². The molecule has 5 heteroatoms. The van der Waals surface area contributed by atoms with E-state index in [9.17, 15) is 0 Å². The second-order valence-electron chi connectivity index (χ2n) is 5.37. The number of hydrogen-bond donors (Lipinski definition) is 0. The Balaban J connectivity index is 2.25. The Bertz CT molecular complexity index is 584. The first-order valence-corrected chi connectivity index (χ1v) is 9.65. The van der Waals surface area contributed by atoms with Crippen LogP contribution in [-0.4, -0.2) is 24.1 Å². The monoisotopic (exact) mass is 273 g/mol. The Morgan fingerprint density at radius 3 is 2.63 bits per heavy atom. The first-order valence-electron chi connectivity index (χ1n) is 6.24. The summed E-state index contributed by atoms with van der Waals surface area (Å²) in [6.07, 6.45) is 5.34. The van der Waals surface area contributed by atoms with Crippen LogP contribution in [0, 0.1) is 0 Å².